The van der Waals surface area contributed by atoms with Crippen molar-refractivity contribution in [2.45, 2.75) is 79.8 Å². The Kier molecular flexibility index (Phi) is 8.31. The molecule has 0 saturated heterocycles. The number of benzene rings is 1. The summed E-state index contributed by atoms with van der Waals surface area (Å²) in [4.78, 5) is 17.0. The zero-order valence-corrected chi connectivity index (χ0v) is 20.8. The number of carbonyl (C=O) groups is 1. The lowest BCUT2D eigenvalue weighted by atomic mass is 9.83. The van der Waals surface area contributed by atoms with E-state index in [4.69, 9.17) is 4.74 Å². The first-order valence-electron chi connectivity index (χ1n) is 12.1. The number of aromatic nitrogens is 2. The molecule has 1 aliphatic carbocycles. The van der Waals surface area contributed by atoms with E-state index in [1.165, 1.54) is 6.07 Å². The van der Waals surface area contributed by atoms with Gasteiger partial charge in [0.2, 0.25) is 5.95 Å². The van der Waals surface area contributed by atoms with Gasteiger partial charge in [-0.25, -0.2) is 4.98 Å². The molecular weight excluding hydrogens is 443 g/mol. The number of imidazole rings is 1. The monoisotopic (exact) mass is 479 g/mol. The Bertz CT molecular complexity index is 990. The number of ether oxygens (including phenoxy) is 1. The number of aryl methyl sites for hydroxylation is 1. The van der Waals surface area contributed by atoms with Crippen molar-refractivity contribution in [2.75, 3.05) is 6.54 Å². The molecule has 5 nitrogen and oxygen atoms in total. The quantitative estimate of drug-likeness (QED) is 0.482. The summed E-state index contributed by atoms with van der Waals surface area (Å²) < 4.78 is 47.8. The molecule has 1 aromatic carbocycles. The standard InChI is InChI=1S/C26H36F3N3O2/c1-6-21-31-22(24(33)30-15-17-9-7-16(2)8-10-17)23(27)32(21)19-12-11-18(14-26(3,4)5)13-20(19)34-25(28)29/h11-13,16-17,25H,6-10,14-15H2,1-5H3,(H,30,33). The first-order chi connectivity index (χ1) is 16.0. The maximum atomic E-state index is 15.5. The highest BCUT2D eigenvalue weighted by atomic mass is 19.3. The number of halogens is 3. The molecule has 1 fully saturated rings. The molecule has 0 aliphatic heterocycles. The lowest BCUT2D eigenvalue weighted by molar-refractivity contribution is -0.0499. The van der Waals surface area contributed by atoms with Crippen molar-refractivity contribution in [1.82, 2.24) is 14.9 Å². The smallest absolute Gasteiger partial charge is 0.387 e. The molecule has 0 bridgehead atoms. The predicted octanol–water partition coefficient (Wildman–Crippen LogP) is 6.32. The molecule has 1 heterocycles. The predicted molar refractivity (Wildman–Crippen MR) is 126 cm³/mol. The zero-order valence-electron chi connectivity index (χ0n) is 20.8. The topological polar surface area (TPSA) is 56.2 Å². The summed E-state index contributed by atoms with van der Waals surface area (Å²) in [5, 5.41) is 2.82. The van der Waals surface area contributed by atoms with Crippen LogP contribution in [0.25, 0.3) is 5.69 Å². The molecule has 0 unspecified atom stereocenters. The molecule has 1 aromatic heterocycles. The maximum Gasteiger partial charge on any atom is 0.387 e. The van der Waals surface area contributed by atoms with Crippen molar-refractivity contribution in [2.24, 2.45) is 17.3 Å². The van der Waals surface area contributed by atoms with E-state index in [2.05, 4.69) is 17.2 Å². The van der Waals surface area contributed by atoms with Crippen LogP contribution in [0.5, 0.6) is 5.75 Å². The molecule has 1 N–H and O–H groups in total. The van der Waals surface area contributed by atoms with Gasteiger partial charge in [-0.3, -0.25) is 9.36 Å². The highest BCUT2D eigenvalue weighted by Gasteiger charge is 2.27. The second-order valence-electron chi connectivity index (χ2n) is 10.6. The van der Waals surface area contributed by atoms with Gasteiger partial charge in [-0.05, 0) is 54.2 Å². The van der Waals surface area contributed by atoms with Crippen LogP contribution in [0.3, 0.4) is 0 Å². The third-order valence-corrected chi connectivity index (χ3v) is 6.32. The molecule has 1 aliphatic rings. The molecule has 0 radical (unpaired) electrons. The van der Waals surface area contributed by atoms with E-state index in [1.807, 2.05) is 20.8 Å². The van der Waals surface area contributed by atoms with E-state index < -0.39 is 18.5 Å². The Morgan fingerprint density at radius 1 is 1.24 bits per heavy atom. The van der Waals surface area contributed by atoms with Crippen LogP contribution in [0.2, 0.25) is 0 Å². The third kappa shape index (κ3) is 6.54. The van der Waals surface area contributed by atoms with E-state index in [9.17, 15) is 13.6 Å². The van der Waals surface area contributed by atoms with E-state index in [-0.39, 0.29) is 28.4 Å². The van der Waals surface area contributed by atoms with Gasteiger partial charge in [-0.15, -0.1) is 0 Å². The van der Waals surface area contributed by atoms with Gasteiger partial charge in [-0.1, -0.05) is 53.5 Å². The SMILES string of the molecule is CCc1nc(C(=O)NCC2CCC(C)CC2)c(F)n1-c1ccc(CC(C)(C)C)cc1OC(F)F. The lowest BCUT2D eigenvalue weighted by Gasteiger charge is -2.26. The Labute approximate surface area is 200 Å². The Hall–Kier alpha value is -2.51. The van der Waals surface area contributed by atoms with Crippen molar-refractivity contribution < 1.29 is 22.7 Å². The molecule has 1 saturated carbocycles. The number of hydrogen-bond acceptors (Lipinski definition) is 3. The minimum Gasteiger partial charge on any atom is -0.433 e. The van der Waals surface area contributed by atoms with Crippen molar-refractivity contribution in [3.63, 3.8) is 0 Å². The highest BCUT2D eigenvalue weighted by Crippen LogP contribution is 2.32. The lowest BCUT2D eigenvalue weighted by Crippen LogP contribution is -2.31. The number of rotatable bonds is 8. The van der Waals surface area contributed by atoms with Gasteiger partial charge >= 0.3 is 6.61 Å². The number of amides is 1. The third-order valence-electron chi connectivity index (χ3n) is 6.32. The molecule has 0 atom stereocenters. The number of alkyl halides is 2. The van der Waals surface area contributed by atoms with Gasteiger partial charge < -0.3 is 10.1 Å². The fourth-order valence-electron chi connectivity index (χ4n) is 4.58. The van der Waals surface area contributed by atoms with Crippen LogP contribution in [0.1, 0.15) is 82.2 Å². The molecule has 34 heavy (non-hydrogen) atoms. The number of nitrogens with zero attached hydrogens (tertiary/aromatic N) is 2. The van der Waals surface area contributed by atoms with Gasteiger partial charge in [0.1, 0.15) is 5.82 Å². The van der Waals surface area contributed by atoms with E-state index in [1.54, 1.807) is 19.1 Å². The molecule has 2 aromatic rings. The van der Waals surface area contributed by atoms with Crippen LogP contribution < -0.4 is 10.1 Å². The molecule has 1 amide bonds. The fourth-order valence-corrected chi connectivity index (χ4v) is 4.58. The van der Waals surface area contributed by atoms with Gasteiger partial charge in [0.25, 0.3) is 5.91 Å². The van der Waals surface area contributed by atoms with E-state index in [0.29, 0.717) is 31.2 Å². The van der Waals surface area contributed by atoms with Crippen LogP contribution in [0.4, 0.5) is 13.2 Å². The summed E-state index contributed by atoms with van der Waals surface area (Å²) >= 11 is 0. The first-order valence-corrected chi connectivity index (χ1v) is 12.1. The summed E-state index contributed by atoms with van der Waals surface area (Å²) in [6.07, 6.45) is 5.26. The van der Waals surface area contributed by atoms with Gasteiger partial charge in [0.05, 0.1) is 5.69 Å². The summed E-state index contributed by atoms with van der Waals surface area (Å²) in [7, 11) is 0. The minimum atomic E-state index is -3.07. The fraction of sp³-hybridized carbons (Fsp3) is 0.615. The molecular formula is C26H36F3N3O2. The highest BCUT2D eigenvalue weighted by molar-refractivity contribution is 5.92. The van der Waals surface area contributed by atoms with Crippen LogP contribution in [-0.4, -0.2) is 28.6 Å². The van der Waals surface area contributed by atoms with E-state index in [0.717, 1.165) is 35.8 Å². The molecule has 0 spiro atoms. The number of hydrogen-bond donors (Lipinski definition) is 1. The van der Waals surface area contributed by atoms with Gasteiger partial charge in [-0.2, -0.15) is 13.2 Å². The number of nitrogens with one attached hydrogen (secondary N) is 1. The molecule has 8 heteroatoms. The van der Waals surface area contributed by atoms with Gasteiger partial charge in [0.15, 0.2) is 11.4 Å². The first kappa shape index (κ1) is 26.1. The summed E-state index contributed by atoms with van der Waals surface area (Å²) in [5.41, 5.74) is 0.494. The van der Waals surface area contributed by atoms with Crippen molar-refractivity contribution >= 4 is 5.91 Å². The Morgan fingerprint density at radius 3 is 2.50 bits per heavy atom. The minimum absolute atomic E-state index is 0.0694. The summed E-state index contributed by atoms with van der Waals surface area (Å²) in [5.74, 6) is -0.286. The van der Waals surface area contributed by atoms with Crippen LogP contribution in [0.15, 0.2) is 18.2 Å². The zero-order chi connectivity index (χ0) is 25.0. The van der Waals surface area contributed by atoms with Crippen molar-refractivity contribution in [3.8, 4) is 11.4 Å². The maximum absolute atomic E-state index is 15.5. The summed E-state index contributed by atoms with van der Waals surface area (Å²) in [6, 6.07) is 4.82. The van der Waals surface area contributed by atoms with Crippen LogP contribution in [0, 0.1) is 23.2 Å². The Morgan fingerprint density at radius 2 is 1.91 bits per heavy atom. The average Bonchev–Trinajstić information content (AvgIpc) is 3.08. The molecule has 3 rings (SSSR count). The van der Waals surface area contributed by atoms with Gasteiger partial charge in [0, 0.05) is 13.0 Å². The average molecular weight is 480 g/mol. The Balaban J connectivity index is 1.89. The largest absolute Gasteiger partial charge is 0.433 e. The second-order valence-corrected chi connectivity index (χ2v) is 10.6. The van der Waals surface area contributed by atoms with E-state index >= 15 is 4.39 Å². The normalized spacial score (nSPS) is 18.9. The number of carbonyl (C=O) groups excluding carboxylic acids is 1. The van der Waals surface area contributed by atoms with Crippen molar-refractivity contribution in [1.29, 1.82) is 0 Å². The second kappa shape index (κ2) is 10.8. The molecule has 188 valence electrons. The van der Waals surface area contributed by atoms with Crippen molar-refractivity contribution in [3.05, 3.63) is 41.2 Å². The van der Waals surface area contributed by atoms with Crippen LogP contribution >= 0.6 is 0 Å². The van der Waals surface area contributed by atoms with Crippen LogP contribution in [-0.2, 0) is 12.8 Å². The summed E-state index contributed by atoms with van der Waals surface area (Å²) in [6.45, 7) is 7.52.